The Kier molecular flexibility index (Phi) is 6.07. The number of anilines is 1. The first-order valence-corrected chi connectivity index (χ1v) is 12.8. The van der Waals surface area contributed by atoms with Gasteiger partial charge in [-0.1, -0.05) is 43.6 Å². The standard InChI is InChI=1S/C27H36ClN3O2/c1-15-5-8-22(21(28)9-15)30-26(32)20-14-29-13-19(20)24-23(17-6-7-17)25(33-31-24)18-10-16(11-18)12-27(2,3)4/h5,8-9,16-20,29H,6-7,10-14H2,1-4H3,(H,30,32)/t16?,18?,19-,20-/m0/s1. The SMILES string of the molecule is Cc1ccc(NC(=O)[C@H]2CNC[C@@H]2c2noc(C3CC(CC(C)(C)C)C3)c2C2CC2)c(Cl)c1. The summed E-state index contributed by atoms with van der Waals surface area (Å²) >= 11 is 6.36. The predicted octanol–water partition coefficient (Wildman–Crippen LogP) is 6.39. The number of nitrogens with one attached hydrogen (secondary N) is 2. The van der Waals surface area contributed by atoms with E-state index in [1.165, 1.54) is 37.7 Å². The third kappa shape index (κ3) is 4.85. The minimum atomic E-state index is -0.187. The molecule has 2 N–H and O–H groups in total. The van der Waals surface area contributed by atoms with E-state index in [0.717, 1.165) is 29.5 Å². The molecule has 3 aliphatic rings. The summed E-state index contributed by atoms with van der Waals surface area (Å²) < 4.78 is 6.04. The van der Waals surface area contributed by atoms with Crippen LogP contribution in [-0.2, 0) is 4.79 Å². The lowest BCUT2D eigenvalue weighted by molar-refractivity contribution is -0.119. The topological polar surface area (TPSA) is 67.2 Å². The number of aryl methyl sites for hydroxylation is 1. The van der Waals surface area contributed by atoms with Crippen molar-refractivity contribution in [3.8, 4) is 0 Å². The van der Waals surface area contributed by atoms with Crippen LogP contribution in [0.2, 0.25) is 5.02 Å². The van der Waals surface area contributed by atoms with Gasteiger partial charge in [0.15, 0.2) is 0 Å². The van der Waals surface area contributed by atoms with Crippen molar-refractivity contribution in [2.45, 2.75) is 77.6 Å². The fourth-order valence-electron chi connectivity index (χ4n) is 5.84. The molecule has 5 rings (SSSR count). The van der Waals surface area contributed by atoms with Crippen molar-refractivity contribution in [1.29, 1.82) is 0 Å². The number of benzene rings is 1. The molecule has 2 saturated carbocycles. The molecule has 178 valence electrons. The molecule has 3 fully saturated rings. The molecule has 2 aromatic rings. The van der Waals surface area contributed by atoms with E-state index in [1.54, 1.807) is 0 Å². The number of hydrogen-bond acceptors (Lipinski definition) is 4. The molecule has 1 saturated heterocycles. The maximum absolute atomic E-state index is 13.2. The van der Waals surface area contributed by atoms with Gasteiger partial charge in [-0.2, -0.15) is 0 Å². The zero-order chi connectivity index (χ0) is 23.3. The number of carbonyl (C=O) groups is 1. The van der Waals surface area contributed by atoms with Gasteiger partial charge in [0.05, 0.1) is 22.3 Å². The molecule has 1 aromatic heterocycles. The minimum absolute atomic E-state index is 0.00376. The number of hydrogen-bond donors (Lipinski definition) is 2. The summed E-state index contributed by atoms with van der Waals surface area (Å²) in [7, 11) is 0. The van der Waals surface area contributed by atoms with Crippen LogP contribution >= 0.6 is 11.6 Å². The van der Waals surface area contributed by atoms with E-state index >= 15 is 0 Å². The van der Waals surface area contributed by atoms with Crippen molar-refractivity contribution < 1.29 is 9.32 Å². The molecule has 1 aliphatic heterocycles. The lowest BCUT2D eigenvalue weighted by Crippen LogP contribution is -2.29. The summed E-state index contributed by atoms with van der Waals surface area (Å²) in [5.41, 5.74) is 4.46. The molecule has 0 radical (unpaired) electrons. The molecular formula is C27H36ClN3O2. The second kappa shape index (κ2) is 8.74. The Morgan fingerprint density at radius 2 is 1.97 bits per heavy atom. The van der Waals surface area contributed by atoms with Gasteiger partial charge in [-0.15, -0.1) is 0 Å². The van der Waals surface area contributed by atoms with Gasteiger partial charge in [0.2, 0.25) is 5.91 Å². The number of amides is 1. The molecule has 6 heteroatoms. The molecule has 2 heterocycles. The van der Waals surface area contributed by atoms with E-state index < -0.39 is 0 Å². The number of carbonyl (C=O) groups excluding carboxylic acids is 1. The van der Waals surface area contributed by atoms with Crippen LogP contribution in [0.1, 0.15) is 93.2 Å². The van der Waals surface area contributed by atoms with E-state index in [2.05, 4.69) is 36.6 Å². The fraction of sp³-hybridized carbons (Fsp3) is 0.630. The summed E-state index contributed by atoms with van der Waals surface area (Å²) in [6.07, 6.45) is 6.07. The fourth-order valence-corrected chi connectivity index (χ4v) is 6.12. The van der Waals surface area contributed by atoms with E-state index in [0.29, 0.717) is 34.5 Å². The second-order valence-electron chi connectivity index (χ2n) is 11.8. The van der Waals surface area contributed by atoms with Crippen LogP contribution in [0.4, 0.5) is 5.69 Å². The van der Waals surface area contributed by atoms with Gasteiger partial charge in [0.25, 0.3) is 0 Å². The van der Waals surface area contributed by atoms with Crippen LogP contribution in [-0.4, -0.2) is 24.2 Å². The monoisotopic (exact) mass is 469 g/mol. The summed E-state index contributed by atoms with van der Waals surface area (Å²) in [5, 5.41) is 11.7. The van der Waals surface area contributed by atoms with Gasteiger partial charge in [-0.3, -0.25) is 4.79 Å². The van der Waals surface area contributed by atoms with Crippen molar-refractivity contribution in [2.75, 3.05) is 18.4 Å². The van der Waals surface area contributed by atoms with Crippen LogP contribution < -0.4 is 10.6 Å². The van der Waals surface area contributed by atoms with Crippen molar-refractivity contribution in [2.24, 2.45) is 17.3 Å². The van der Waals surface area contributed by atoms with Crippen molar-refractivity contribution >= 4 is 23.2 Å². The Balaban J connectivity index is 1.33. The summed E-state index contributed by atoms with van der Waals surface area (Å²) in [5.74, 6) is 2.78. The normalized spacial score (nSPS) is 27.4. The maximum Gasteiger partial charge on any atom is 0.229 e. The molecular weight excluding hydrogens is 434 g/mol. The number of aromatic nitrogens is 1. The minimum Gasteiger partial charge on any atom is -0.361 e. The van der Waals surface area contributed by atoms with Crippen LogP contribution in [0, 0.1) is 24.2 Å². The maximum atomic E-state index is 13.2. The average molecular weight is 470 g/mol. The highest BCUT2D eigenvalue weighted by Crippen LogP contribution is 2.53. The van der Waals surface area contributed by atoms with E-state index in [1.807, 2.05) is 25.1 Å². The van der Waals surface area contributed by atoms with Gasteiger partial charge < -0.3 is 15.2 Å². The van der Waals surface area contributed by atoms with Crippen LogP contribution in [0.3, 0.4) is 0 Å². The molecule has 0 bridgehead atoms. The summed E-state index contributed by atoms with van der Waals surface area (Å²) in [6, 6.07) is 5.72. The Labute approximate surface area is 202 Å². The predicted molar refractivity (Wildman–Crippen MR) is 132 cm³/mol. The van der Waals surface area contributed by atoms with Gasteiger partial charge in [-0.05, 0) is 74.0 Å². The molecule has 33 heavy (non-hydrogen) atoms. The second-order valence-corrected chi connectivity index (χ2v) is 12.2. The Morgan fingerprint density at radius 1 is 1.21 bits per heavy atom. The Hall–Kier alpha value is -1.85. The van der Waals surface area contributed by atoms with Gasteiger partial charge >= 0.3 is 0 Å². The summed E-state index contributed by atoms with van der Waals surface area (Å²) in [4.78, 5) is 13.2. The Morgan fingerprint density at radius 3 is 2.64 bits per heavy atom. The van der Waals surface area contributed by atoms with Crippen molar-refractivity contribution in [3.63, 3.8) is 0 Å². The first kappa shape index (κ1) is 22.9. The quantitative estimate of drug-likeness (QED) is 0.514. The third-order valence-corrected chi connectivity index (χ3v) is 7.87. The third-order valence-electron chi connectivity index (χ3n) is 7.56. The summed E-state index contributed by atoms with van der Waals surface area (Å²) in [6.45, 7) is 10.4. The number of nitrogens with zero attached hydrogens (tertiary/aromatic N) is 1. The molecule has 2 atom stereocenters. The molecule has 1 amide bonds. The van der Waals surface area contributed by atoms with Crippen molar-refractivity contribution in [3.05, 3.63) is 45.8 Å². The zero-order valence-corrected chi connectivity index (χ0v) is 21.0. The highest BCUT2D eigenvalue weighted by molar-refractivity contribution is 6.33. The van der Waals surface area contributed by atoms with Crippen LogP contribution in [0.15, 0.2) is 22.7 Å². The number of rotatable bonds is 6. The number of halogens is 1. The lowest BCUT2D eigenvalue weighted by atomic mass is 9.66. The first-order valence-electron chi connectivity index (χ1n) is 12.5. The van der Waals surface area contributed by atoms with Gasteiger partial charge in [0.1, 0.15) is 5.76 Å². The largest absolute Gasteiger partial charge is 0.361 e. The first-order chi connectivity index (χ1) is 15.7. The molecule has 5 nitrogen and oxygen atoms in total. The molecule has 0 spiro atoms. The van der Waals surface area contributed by atoms with Crippen molar-refractivity contribution in [1.82, 2.24) is 10.5 Å². The highest BCUT2D eigenvalue weighted by atomic mass is 35.5. The smallest absolute Gasteiger partial charge is 0.229 e. The van der Waals surface area contributed by atoms with Gasteiger partial charge in [-0.25, -0.2) is 0 Å². The van der Waals surface area contributed by atoms with Crippen LogP contribution in [0.5, 0.6) is 0 Å². The zero-order valence-electron chi connectivity index (χ0n) is 20.2. The van der Waals surface area contributed by atoms with E-state index in [4.69, 9.17) is 16.1 Å². The molecule has 1 aromatic carbocycles. The Bertz CT molecular complexity index is 1030. The van der Waals surface area contributed by atoms with Crippen LogP contribution in [0.25, 0.3) is 0 Å². The van der Waals surface area contributed by atoms with E-state index in [9.17, 15) is 4.79 Å². The van der Waals surface area contributed by atoms with Gasteiger partial charge in [0, 0.05) is 30.5 Å². The lowest BCUT2D eigenvalue weighted by Gasteiger charge is -2.38. The molecule has 2 aliphatic carbocycles. The average Bonchev–Trinajstić information content (AvgIpc) is 3.26. The molecule has 0 unspecified atom stereocenters. The van der Waals surface area contributed by atoms with E-state index in [-0.39, 0.29) is 17.7 Å². The highest BCUT2D eigenvalue weighted by Gasteiger charge is 2.45.